The summed E-state index contributed by atoms with van der Waals surface area (Å²) in [5, 5.41) is 2.19. The second kappa shape index (κ2) is 15.0. The molecule has 8 heteroatoms. The van der Waals surface area contributed by atoms with Crippen LogP contribution < -0.4 is 15.9 Å². The summed E-state index contributed by atoms with van der Waals surface area (Å²) >= 11 is 0. The minimum Gasteiger partial charge on any atom is -0.406 e. The van der Waals surface area contributed by atoms with E-state index < -0.39 is 10.1 Å². The second-order valence-electron chi connectivity index (χ2n) is 10.7. The van der Waals surface area contributed by atoms with Crippen molar-refractivity contribution in [3.63, 3.8) is 0 Å². The van der Waals surface area contributed by atoms with Crippen molar-refractivity contribution in [3.05, 3.63) is 78.9 Å². The summed E-state index contributed by atoms with van der Waals surface area (Å²) in [6.07, 6.45) is 0.715. The molecule has 0 bridgehead atoms. The van der Waals surface area contributed by atoms with Crippen LogP contribution >= 0.6 is 7.92 Å². The van der Waals surface area contributed by atoms with Crippen LogP contribution in [0.1, 0.15) is 41.5 Å². The molecular weight excluding hydrogens is 594 g/mol. The Kier molecular flexibility index (Phi) is 14.3. The summed E-state index contributed by atoms with van der Waals surface area (Å²) < 4.78 is 25.9. The van der Waals surface area contributed by atoms with Crippen molar-refractivity contribution < 1.29 is 33.4 Å². The molecule has 0 saturated heterocycles. The van der Waals surface area contributed by atoms with Gasteiger partial charge >= 0.3 is 0 Å². The van der Waals surface area contributed by atoms with E-state index in [0.29, 0.717) is 16.6 Å². The first-order chi connectivity index (χ1) is 16.4. The third-order valence-corrected chi connectivity index (χ3v) is 8.42. The number of anilines is 2. The van der Waals surface area contributed by atoms with E-state index in [1.807, 2.05) is 48.5 Å². The van der Waals surface area contributed by atoms with Crippen molar-refractivity contribution in [2.75, 3.05) is 31.0 Å². The molecule has 0 unspecified atom stereocenters. The molecule has 3 N–H and O–H groups in total. The second-order valence-corrected chi connectivity index (χ2v) is 16.0. The van der Waals surface area contributed by atoms with Crippen LogP contribution in [0.4, 0.5) is 11.4 Å². The van der Waals surface area contributed by atoms with Gasteiger partial charge in [-0.2, -0.15) is 8.42 Å². The van der Waals surface area contributed by atoms with Crippen LogP contribution in [0.15, 0.2) is 72.8 Å². The molecule has 208 valence electrons. The van der Waals surface area contributed by atoms with Crippen LogP contribution in [0.5, 0.6) is 0 Å². The van der Waals surface area contributed by atoms with Crippen LogP contribution in [0.25, 0.3) is 11.1 Å². The van der Waals surface area contributed by atoms with Crippen LogP contribution in [-0.4, -0.2) is 43.6 Å². The Morgan fingerprint density at radius 2 is 1.30 bits per heavy atom. The van der Waals surface area contributed by atoms with E-state index in [2.05, 4.69) is 90.9 Å². The molecule has 0 amide bonds. The predicted molar refractivity (Wildman–Crippen MR) is 159 cm³/mol. The molecule has 37 heavy (non-hydrogen) atoms. The maximum Gasteiger partial charge on any atom is 0.261 e. The number of nitrogen functional groups attached to an aromatic ring is 1. The minimum atomic E-state index is -3.67. The van der Waals surface area contributed by atoms with Gasteiger partial charge in [0.2, 0.25) is 0 Å². The fourth-order valence-corrected chi connectivity index (χ4v) is 7.99. The van der Waals surface area contributed by atoms with E-state index in [-0.39, 0.29) is 28.3 Å². The van der Waals surface area contributed by atoms with Crippen LogP contribution in [0, 0.1) is 6.07 Å². The van der Waals surface area contributed by atoms with Crippen molar-refractivity contribution in [1.82, 2.24) is 0 Å². The van der Waals surface area contributed by atoms with Crippen molar-refractivity contribution in [1.29, 1.82) is 0 Å². The van der Waals surface area contributed by atoms with E-state index >= 15 is 0 Å². The fourth-order valence-electron chi connectivity index (χ4n) is 3.98. The van der Waals surface area contributed by atoms with Gasteiger partial charge in [-0.1, -0.05) is 85.4 Å². The molecular formula is C29H42N2O3PPdS-. The van der Waals surface area contributed by atoms with Gasteiger partial charge < -0.3 is 10.6 Å². The predicted octanol–water partition coefficient (Wildman–Crippen LogP) is 6.69. The average molecular weight is 636 g/mol. The molecule has 0 radical (unpaired) electrons. The van der Waals surface area contributed by atoms with Gasteiger partial charge in [-0.25, -0.2) is 0 Å². The fraction of sp³-hybridized carbons (Fsp3) is 0.379. The largest absolute Gasteiger partial charge is 0.406 e. The first-order valence-corrected chi connectivity index (χ1v) is 14.9. The monoisotopic (exact) mass is 635 g/mol. The summed E-state index contributed by atoms with van der Waals surface area (Å²) in [5.74, 6) is 0. The molecule has 0 aromatic heterocycles. The van der Waals surface area contributed by atoms with Gasteiger partial charge in [-0.05, 0) is 39.5 Å². The smallest absolute Gasteiger partial charge is 0.261 e. The molecule has 0 aliphatic rings. The normalized spacial score (nSPS) is 11.3. The third kappa shape index (κ3) is 13.6. The molecule has 3 rings (SSSR count). The summed E-state index contributed by atoms with van der Waals surface area (Å²) in [6.45, 7) is 14.2. The molecule has 0 atom stereocenters. The zero-order valence-corrected chi connectivity index (χ0v) is 26.7. The van der Waals surface area contributed by atoms with Gasteiger partial charge in [-0.3, -0.25) is 4.55 Å². The number of benzene rings is 3. The van der Waals surface area contributed by atoms with E-state index in [1.165, 1.54) is 11.0 Å². The first kappa shape index (κ1) is 35.3. The Labute approximate surface area is 240 Å². The topological polar surface area (TPSA) is 83.6 Å². The van der Waals surface area contributed by atoms with E-state index in [4.69, 9.17) is 10.3 Å². The Bertz CT molecular complexity index is 1150. The molecule has 3 aromatic carbocycles. The zero-order chi connectivity index (χ0) is 27.7. The first-order valence-electron chi connectivity index (χ1n) is 11.7. The maximum atomic E-state index is 9.19. The Morgan fingerprint density at radius 3 is 1.68 bits per heavy atom. The van der Waals surface area contributed by atoms with E-state index in [0.717, 1.165) is 16.8 Å². The molecule has 0 saturated carbocycles. The van der Waals surface area contributed by atoms with Crippen LogP contribution in [0.3, 0.4) is 0 Å². The Morgan fingerprint density at radius 1 is 0.838 bits per heavy atom. The van der Waals surface area contributed by atoms with Gasteiger partial charge in [0.25, 0.3) is 10.1 Å². The van der Waals surface area contributed by atoms with Gasteiger partial charge in [0.1, 0.15) is 0 Å². The number of hydrogen-bond acceptors (Lipinski definition) is 4. The average Bonchev–Trinajstić information content (AvgIpc) is 2.72. The minimum absolute atomic E-state index is 0. The maximum absolute atomic E-state index is 9.19. The molecule has 0 heterocycles. The number of para-hydroxylation sites is 1. The summed E-state index contributed by atoms with van der Waals surface area (Å²) in [5.41, 5.74) is 9.99. The number of rotatable bonds is 3. The van der Waals surface area contributed by atoms with Crippen LogP contribution in [0.2, 0.25) is 0 Å². The standard InChI is InChI=1S/C16H28NP.C12H10N.CH4O3S.Pd/c1-15(2,3)18(16(4,5)6)14-11-9-13(10-12-14)17(7)8;13-12-9-5-4-8-11(12)10-6-2-1-3-7-10;1-5(2,3)4;/h9-12H,1-8H3;1-6,8-9H,13H2;1H3,(H,2,3,4);/q;-1;;. The quantitative estimate of drug-likeness (QED) is 0.110. The molecule has 0 fully saturated rings. The van der Waals surface area contributed by atoms with Gasteiger partial charge in [0.15, 0.2) is 0 Å². The molecule has 3 aromatic rings. The number of nitrogens with two attached hydrogens (primary N) is 1. The summed E-state index contributed by atoms with van der Waals surface area (Å²) in [6, 6.07) is 27.9. The van der Waals surface area contributed by atoms with Gasteiger partial charge in [0.05, 0.1) is 6.26 Å². The molecule has 0 aliphatic heterocycles. The van der Waals surface area contributed by atoms with Crippen molar-refractivity contribution in [2.45, 2.75) is 51.9 Å². The van der Waals surface area contributed by atoms with Crippen LogP contribution in [-0.2, 0) is 30.5 Å². The molecule has 0 spiro atoms. The Hall–Kier alpha value is -1.74. The van der Waals surface area contributed by atoms with Gasteiger partial charge in [-0.15, -0.1) is 35.9 Å². The zero-order valence-electron chi connectivity index (χ0n) is 23.4. The van der Waals surface area contributed by atoms with Gasteiger partial charge in [0, 0.05) is 40.2 Å². The number of hydrogen-bond donors (Lipinski definition) is 2. The SMILES string of the molecule is CN(C)c1ccc(P(C(C)(C)C)C(C)(C)C)cc1.CS(=O)(=O)O.Nc1ccccc1-c1[c-]cccc1.[Pd]. The van der Waals surface area contributed by atoms with Crippen molar-refractivity contribution >= 4 is 34.7 Å². The molecule has 0 aliphatic carbocycles. The summed E-state index contributed by atoms with van der Waals surface area (Å²) in [7, 11) is 0.323. The van der Waals surface area contributed by atoms with E-state index in [1.54, 1.807) is 0 Å². The molecule has 5 nitrogen and oxygen atoms in total. The van der Waals surface area contributed by atoms with Crippen molar-refractivity contribution in [3.8, 4) is 11.1 Å². The third-order valence-electron chi connectivity index (χ3n) is 4.93. The van der Waals surface area contributed by atoms with Crippen molar-refractivity contribution in [2.24, 2.45) is 0 Å². The summed E-state index contributed by atoms with van der Waals surface area (Å²) in [4.78, 5) is 2.15. The van der Waals surface area contributed by atoms with E-state index in [9.17, 15) is 8.42 Å². The Balaban J connectivity index is 0.000000596. The number of nitrogens with zero attached hydrogens (tertiary/aromatic N) is 1.